The lowest BCUT2D eigenvalue weighted by Gasteiger charge is -2.14. The predicted molar refractivity (Wildman–Crippen MR) is 68.4 cm³/mol. The molecule has 0 bridgehead atoms. The number of nitrogens with one attached hydrogen (secondary N) is 1. The summed E-state index contributed by atoms with van der Waals surface area (Å²) in [7, 11) is 0. The molecule has 0 amide bonds. The maximum atomic E-state index is 8.72. The third kappa shape index (κ3) is 3.30. The number of thiazole rings is 1. The maximum absolute atomic E-state index is 8.72. The minimum atomic E-state index is 0.00133. The maximum Gasteiger partial charge on any atom is 0.187 e. The van der Waals surface area contributed by atoms with Gasteiger partial charge in [0.2, 0.25) is 0 Å². The predicted octanol–water partition coefficient (Wildman–Crippen LogP) is 3.17. The molecule has 5 heteroatoms. The molecule has 0 unspecified atom stereocenters. The molecular weight excluding hydrogens is 232 g/mol. The van der Waals surface area contributed by atoms with Gasteiger partial charge in [-0.25, -0.2) is 4.98 Å². The van der Waals surface area contributed by atoms with Gasteiger partial charge in [-0.3, -0.25) is 0 Å². The van der Waals surface area contributed by atoms with E-state index in [2.05, 4.69) is 31.1 Å². The van der Waals surface area contributed by atoms with Gasteiger partial charge in [-0.2, -0.15) is 10.5 Å². The smallest absolute Gasteiger partial charge is 0.187 e. The molecule has 0 aliphatic rings. The van der Waals surface area contributed by atoms with Gasteiger partial charge in [0.15, 0.2) is 5.13 Å². The Morgan fingerprint density at radius 1 is 1.35 bits per heavy atom. The van der Waals surface area contributed by atoms with E-state index in [1.54, 1.807) is 6.92 Å². The van der Waals surface area contributed by atoms with E-state index in [1.807, 2.05) is 17.5 Å². The van der Waals surface area contributed by atoms with E-state index in [-0.39, 0.29) is 11.0 Å². The summed E-state index contributed by atoms with van der Waals surface area (Å²) < 4.78 is 0. The van der Waals surface area contributed by atoms with Crippen molar-refractivity contribution in [1.82, 2.24) is 4.98 Å². The SMILES string of the molecule is CC(Nc1nc(C(C)(C)C)cs1)=C(C#N)C#N. The molecule has 0 fully saturated rings. The van der Waals surface area contributed by atoms with E-state index >= 15 is 0 Å². The number of rotatable bonds is 2. The van der Waals surface area contributed by atoms with E-state index in [0.717, 1.165) is 5.69 Å². The Hall–Kier alpha value is -1.85. The second-order valence-electron chi connectivity index (χ2n) is 4.64. The van der Waals surface area contributed by atoms with Gasteiger partial charge < -0.3 is 5.32 Å². The van der Waals surface area contributed by atoms with Gasteiger partial charge in [0.05, 0.1) is 5.69 Å². The molecular formula is C12H14N4S. The summed E-state index contributed by atoms with van der Waals surface area (Å²) in [5.41, 5.74) is 1.61. The fourth-order valence-electron chi connectivity index (χ4n) is 1.09. The van der Waals surface area contributed by atoms with Gasteiger partial charge in [0.1, 0.15) is 17.7 Å². The van der Waals surface area contributed by atoms with Crippen molar-refractivity contribution in [3.05, 3.63) is 22.3 Å². The van der Waals surface area contributed by atoms with Crippen LogP contribution in [0.2, 0.25) is 0 Å². The van der Waals surface area contributed by atoms with Crippen LogP contribution in [-0.2, 0) is 5.41 Å². The lowest BCUT2D eigenvalue weighted by molar-refractivity contribution is 0.573. The van der Waals surface area contributed by atoms with Crippen LogP contribution < -0.4 is 5.32 Å². The highest BCUT2D eigenvalue weighted by atomic mass is 32.1. The van der Waals surface area contributed by atoms with Crippen molar-refractivity contribution in [3.8, 4) is 12.1 Å². The molecule has 0 spiro atoms. The van der Waals surface area contributed by atoms with Crippen LogP contribution in [-0.4, -0.2) is 4.98 Å². The molecule has 0 aliphatic heterocycles. The van der Waals surface area contributed by atoms with Crippen molar-refractivity contribution in [2.45, 2.75) is 33.1 Å². The highest BCUT2D eigenvalue weighted by Crippen LogP contribution is 2.27. The van der Waals surface area contributed by atoms with E-state index < -0.39 is 0 Å². The molecule has 1 heterocycles. The molecule has 0 saturated heterocycles. The first kappa shape index (κ1) is 13.2. The Morgan fingerprint density at radius 2 is 1.94 bits per heavy atom. The third-order valence-electron chi connectivity index (χ3n) is 2.17. The molecule has 0 saturated carbocycles. The van der Waals surface area contributed by atoms with Crippen LogP contribution in [0.15, 0.2) is 16.7 Å². The number of nitrogens with zero attached hydrogens (tertiary/aromatic N) is 3. The molecule has 0 atom stereocenters. The molecule has 0 radical (unpaired) electrons. The van der Waals surface area contributed by atoms with Gasteiger partial charge >= 0.3 is 0 Å². The van der Waals surface area contributed by atoms with E-state index in [4.69, 9.17) is 10.5 Å². The standard InChI is InChI=1S/C12H14N4S/c1-8(9(5-13)6-14)15-11-16-10(7-17-11)12(2,3)4/h7H,1-4H3,(H,15,16). The van der Waals surface area contributed by atoms with Crippen molar-refractivity contribution in [3.63, 3.8) is 0 Å². The average Bonchev–Trinajstić information content (AvgIpc) is 2.67. The van der Waals surface area contributed by atoms with Gasteiger partial charge in [-0.15, -0.1) is 11.3 Å². The van der Waals surface area contributed by atoms with Crippen LogP contribution in [0.1, 0.15) is 33.4 Å². The number of aromatic nitrogens is 1. The zero-order valence-corrected chi connectivity index (χ0v) is 11.1. The normalized spacial score (nSPS) is 10.2. The van der Waals surface area contributed by atoms with E-state index in [0.29, 0.717) is 10.8 Å². The molecule has 17 heavy (non-hydrogen) atoms. The molecule has 1 aromatic heterocycles. The highest BCUT2D eigenvalue weighted by Gasteiger charge is 2.17. The first-order valence-electron chi connectivity index (χ1n) is 5.12. The summed E-state index contributed by atoms with van der Waals surface area (Å²) in [6, 6.07) is 3.68. The zero-order valence-electron chi connectivity index (χ0n) is 10.3. The summed E-state index contributed by atoms with van der Waals surface area (Å²) in [6.45, 7) is 7.96. The summed E-state index contributed by atoms with van der Waals surface area (Å²) in [5, 5.41) is 23.1. The molecule has 1 aromatic rings. The van der Waals surface area contributed by atoms with Crippen LogP contribution in [0.4, 0.5) is 5.13 Å². The van der Waals surface area contributed by atoms with Crippen LogP contribution in [0.25, 0.3) is 0 Å². The van der Waals surface area contributed by atoms with Crippen LogP contribution >= 0.6 is 11.3 Å². The topological polar surface area (TPSA) is 72.5 Å². The second kappa shape index (κ2) is 4.99. The quantitative estimate of drug-likeness (QED) is 0.813. The van der Waals surface area contributed by atoms with Crippen molar-refractivity contribution in [1.29, 1.82) is 10.5 Å². The van der Waals surface area contributed by atoms with Crippen LogP contribution in [0.3, 0.4) is 0 Å². The summed E-state index contributed by atoms with van der Waals surface area (Å²) >= 11 is 1.47. The number of allylic oxidation sites excluding steroid dienone is 2. The first-order chi connectivity index (χ1) is 7.88. The fraction of sp³-hybridized carbons (Fsp3) is 0.417. The fourth-order valence-corrected chi connectivity index (χ4v) is 2.08. The summed E-state index contributed by atoms with van der Waals surface area (Å²) in [6.07, 6.45) is 0. The molecule has 88 valence electrons. The molecule has 1 N–H and O–H groups in total. The van der Waals surface area contributed by atoms with Crippen LogP contribution in [0.5, 0.6) is 0 Å². The van der Waals surface area contributed by atoms with Crippen molar-refractivity contribution in [2.24, 2.45) is 0 Å². The molecule has 4 nitrogen and oxygen atoms in total. The van der Waals surface area contributed by atoms with Gasteiger partial charge in [-0.1, -0.05) is 20.8 Å². The summed E-state index contributed by atoms with van der Waals surface area (Å²) in [4.78, 5) is 4.43. The van der Waals surface area contributed by atoms with Crippen molar-refractivity contribution >= 4 is 16.5 Å². The Labute approximate surface area is 105 Å². The third-order valence-corrected chi connectivity index (χ3v) is 2.92. The molecule has 1 rings (SSSR count). The van der Waals surface area contributed by atoms with E-state index in [1.165, 1.54) is 11.3 Å². The van der Waals surface area contributed by atoms with Crippen LogP contribution in [0, 0.1) is 22.7 Å². The number of hydrogen-bond donors (Lipinski definition) is 1. The number of anilines is 1. The monoisotopic (exact) mass is 246 g/mol. The minimum absolute atomic E-state index is 0.00133. The minimum Gasteiger partial charge on any atom is -0.333 e. The lowest BCUT2D eigenvalue weighted by Crippen LogP contribution is -2.11. The Kier molecular flexibility index (Phi) is 3.88. The van der Waals surface area contributed by atoms with Gasteiger partial charge in [0, 0.05) is 16.5 Å². The number of nitriles is 2. The second-order valence-corrected chi connectivity index (χ2v) is 5.49. The van der Waals surface area contributed by atoms with Crippen molar-refractivity contribution < 1.29 is 0 Å². The zero-order chi connectivity index (χ0) is 13.1. The Morgan fingerprint density at radius 3 is 2.35 bits per heavy atom. The summed E-state index contributed by atoms with van der Waals surface area (Å²) in [5.74, 6) is 0. The highest BCUT2D eigenvalue weighted by molar-refractivity contribution is 7.13. The average molecular weight is 246 g/mol. The van der Waals surface area contributed by atoms with E-state index in [9.17, 15) is 0 Å². The first-order valence-corrected chi connectivity index (χ1v) is 6.00. The Balaban J connectivity index is 2.93. The van der Waals surface area contributed by atoms with Gasteiger partial charge in [0.25, 0.3) is 0 Å². The largest absolute Gasteiger partial charge is 0.333 e. The van der Waals surface area contributed by atoms with Crippen molar-refractivity contribution in [2.75, 3.05) is 5.32 Å². The lowest BCUT2D eigenvalue weighted by atomic mass is 9.93. The molecule has 0 aromatic carbocycles. The molecule has 0 aliphatic carbocycles. The Bertz CT molecular complexity index is 504. The number of hydrogen-bond acceptors (Lipinski definition) is 5. The van der Waals surface area contributed by atoms with Gasteiger partial charge in [-0.05, 0) is 6.92 Å².